The lowest BCUT2D eigenvalue weighted by atomic mass is 10.0. The molecule has 8 nitrogen and oxygen atoms in total. The Morgan fingerprint density at radius 1 is 1.08 bits per heavy atom. The number of hydrogen-bond acceptors (Lipinski definition) is 6. The van der Waals surface area contributed by atoms with Gasteiger partial charge in [0.05, 0.1) is 31.4 Å². The molecule has 0 aliphatic carbocycles. The van der Waals surface area contributed by atoms with E-state index in [0.717, 1.165) is 47.4 Å². The normalized spacial score (nSPS) is 11.7. The van der Waals surface area contributed by atoms with Crippen molar-refractivity contribution in [2.75, 3.05) is 6.61 Å². The van der Waals surface area contributed by atoms with E-state index in [1.54, 1.807) is 0 Å². The number of hydrogen-bond donors (Lipinski definition) is 1. The minimum Gasteiger partial charge on any atom is -0.486 e. The van der Waals surface area contributed by atoms with Crippen LogP contribution in [0.2, 0.25) is 0 Å². The maximum absolute atomic E-state index is 11.1. The zero-order valence-corrected chi connectivity index (χ0v) is 26.3. The standard InChI is InChI=1S/C27H33I2N3O5/c1-16(2)35-8-7-27(5,6)32-14-20(30-31-32)15-36-25-18(4)10-21(13-23(25)29)37-26-17(3)9-19(11-22(26)28)12-24(33)34/h9-11,13-14,16H,7-8,12,15H2,1-6H3,(H,33,34). The minimum atomic E-state index is -0.855. The molecule has 0 fully saturated rings. The minimum absolute atomic E-state index is 0.0159. The fourth-order valence-corrected chi connectivity index (χ4v) is 5.56. The number of nitrogens with zero attached hydrogens (tertiary/aromatic N) is 3. The molecule has 0 aliphatic heterocycles. The molecular weight excluding hydrogens is 700 g/mol. The van der Waals surface area contributed by atoms with Crippen LogP contribution in [0.3, 0.4) is 0 Å². The monoisotopic (exact) mass is 733 g/mol. The summed E-state index contributed by atoms with van der Waals surface area (Å²) >= 11 is 4.42. The first-order chi connectivity index (χ1) is 17.4. The van der Waals surface area contributed by atoms with Crippen LogP contribution in [-0.2, 0) is 28.1 Å². The largest absolute Gasteiger partial charge is 0.486 e. The molecule has 0 atom stereocenters. The molecule has 0 spiro atoms. The molecule has 3 rings (SSSR count). The molecule has 0 saturated heterocycles. The Morgan fingerprint density at radius 3 is 2.38 bits per heavy atom. The molecule has 0 bridgehead atoms. The Hall–Kier alpha value is -1.93. The number of rotatable bonds is 12. The van der Waals surface area contributed by atoms with Crippen molar-refractivity contribution in [3.05, 3.63) is 60.0 Å². The lowest BCUT2D eigenvalue weighted by Crippen LogP contribution is -2.29. The summed E-state index contributed by atoms with van der Waals surface area (Å²) in [6, 6.07) is 7.57. The molecule has 0 radical (unpaired) electrons. The van der Waals surface area contributed by atoms with Crippen LogP contribution in [0.15, 0.2) is 30.5 Å². The van der Waals surface area contributed by atoms with Gasteiger partial charge in [0.25, 0.3) is 0 Å². The molecule has 10 heteroatoms. The number of aliphatic carboxylic acids is 1. The van der Waals surface area contributed by atoms with Crippen molar-refractivity contribution in [3.63, 3.8) is 0 Å². The summed E-state index contributed by atoms with van der Waals surface area (Å²) in [6.07, 6.45) is 2.94. The van der Waals surface area contributed by atoms with Gasteiger partial charge in [-0.25, -0.2) is 4.68 Å². The van der Waals surface area contributed by atoms with E-state index in [0.29, 0.717) is 19.0 Å². The molecule has 0 unspecified atom stereocenters. The van der Waals surface area contributed by atoms with Crippen molar-refractivity contribution in [1.29, 1.82) is 0 Å². The van der Waals surface area contributed by atoms with E-state index in [-0.39, 0.29) is 18.1 Å². The molecule has 1 N–H and O–H groups in total. The number of carbonyl (C=O) groups is 1. The van der Waals surface area contributed by atoms with Crippen molar-refractivity contribution < 1.29 is 24.1 Å². The number of ether oxygens (including phenoxy) is 3. The van der Waals surface area contributed by atoms with Crippen LogP contribution < -0.4 is 9.47 Å². The predicted molar refractivity (Wildman–Crippen MR) is 159 cm³/mol. The van der Waals surface area contributed by atoms with Crippen LogP contribution in [0.25, 0.3) is 0 Å². The first-order valence-corrected chi connectivity index (χ1v) is 14.2. The summed E-state index contributed by atoms with van der Waals surface area (Å²) in [5.41, 5.74) is 3.11. The summed E-state index contributed by atoms with van der Waals surface area (Å²) in [4.78, 5) is 11.1. The van der Waals surface area contributed by atoms with E-state index < -0.39 is 5.97 Å². The molecule has 0 aliphatic rings. The van der Waals surface area contributed by atoms with Gasteiger partial charge in [-0.15, -0.1) is 5.10 Å². The van der Waals surface area contributed by atoms with Crippen LogP contribution >= 0.6 is 45.2 Å². The number of aromatic nitrogens is 3. The second kappa shape index (κ2) is 12.7. The van der Waals surface area contributed by atoms with Gasteiger partial charge in [0.15, 0.2) is 0 Å². The molecule has 0 saturated carbocycles. The van der Waals surface area contributed by atoms with Crippen LogP contribution in [0, 0.1) is 21.0 Å². The summed E-state index contributed by atoms with van der Waals surface area (Å²) < 4.78 is 21.7. The Balaban J connectivity index is 1.68. The Labute approximate surface area is 245 Å². The lowest BCUT2D eigenvalue weighted by molar-refractivity contribution is -0.136. The fraction of sp³-hybridized carbons (Fsp3) is 0.444. The van der Waals surface area contributed by atoms with Gasteiger partial charge >= 0.3 is 5.97 Å². The lowest BCUT2D eigenvalue weighted by Gasteiger charge is -2.25. The zero-order chi connectivity index (χ0) is 27.3. The van der Waals surface area contributed by atoms with E-state index >= 15 is 0 Å². The first-order valence-electron chi connectivity index (χ1n) is 12.0. The molecule has 37 heavy (non-hydrogen) atoms. The average Bonchev–Trinajstić information content (AvgIpc) is 3.25. The molecule has 0 amide bonds. The quantitative estimate of drug-likeness (QED) is 0.208. The number of benzene rings is 2. The Bertz CT molecular complexity index is 1210. The first kappa shape index (κ1) is 29.6. The van der Waals surface area contributed by atoms with Crippen molar-refractivity contribution in [2.24, 2.45) is 0 Å². The Morgan fingerprint density at radius 2 is 1.76 bits per heavy atom. The van der Waals surface area contributed by atoms with Crippen LogP contribution in [0.1, 0.15) is 56.5 Å². The highest BCUT2D eigenvalue weighted by Crippen LogP contribution is 2.36. The molecule has 1 aromatic heterocycles. The van der Waals surface area contributed by atoms with Gasteiger partial charge in [0.2, 0.25) is 0 Å². The summed E-state index contributed by atoms with van der Waals surface area (Å²) in [5, 5.41) is 17.7. The van der Waals surface area contributed by atoms with Gasteiger partial charge in [-0.1, -0.05) is 11.3 Å². The van der Waals surface area contributed by atoms with Crippen molar-refractivity contribution >= 4 is 51.2 Å². The number of carboxylic acid groups (broad SMARTS) is 1. The molecule has 200 valence electrons. The third kappa shape index (κ3) is 8.28. The molecular formula is C27H33I2N3O5. The van der Waals surface area contributed by atoms with Crippen molar-refractivity contribution in [2.45, 2.75) is 72.6 Å². The third-order valence-corrected chi connectivity index (χ3v) is 7.36. The Kier molecular flexibility index (Phi) is 10.2. The SMILES string of the molecule is Cc1cc(Oc2c(C)cc(CC(=O)O)cc2I)cc(I)c1OCc1cn(C(C)(C)CCOC(C)C)nn1. The van der Waals surface area contributed by atoms with Gasteiger partial charge in [0.1, 0.15) is 29.5 Å². The van der Waals surface area contributed by atoms with Gasteiger partial charge < -0.3 is 19.3 Å². The third-order valence-electron chi connectivity index (χ3n) is 5.76. The zero-order valence-electron chi connectivity index (χ0n) is 22.0. The number of carboxylic acids is 1. The predicted octanol–water partition coefficient (Wildman–Crippen LogP) is 6.65. The summed E-state index contributed by atoms with van der Waals surface area (Å²) in [6.45, 7) is 13.2. The van der Waals surface area contributed by atoms with E-state index in [4.69, 9.17) is 19.3 Å². The van der Waals surface area contributed by atoms with Crippen LogP contribution in [0.5, 0.6) is 17.2 Å². The number of halogens is 2. The second-order valence-corrected chi connectivity index (χ2v) is 12.2. The van der Waals surface area contributed by atoms with Crippen LogP contribution in [-0.4, -0.2) is 38.8 Å². The maximum Gasteiger partial charge on any atom is 0.307 e. The highest BCUT2D eigenvalue weighted by Gasteiger charge is 2.22. The summed E-state index contributed by atoms with van der Waals surface area (Å²) in [5.74, 6) is 1.33. The van der Waals surface area contributed by atoms with Crippen molar-refractivity contribution in [3.8, 4) is 17.2 Å². The van der Waals surface area contributed by atoms with Gasteiger partial charge in [-0.2, -0.15) is 0 Å². The maximum atomic E-state index is 11.1. The average molecular weight is 733 g/mol. The van der Waals surface area contributed by atoms with E-state index in [2.05, 4.69) is 69.3 Å². The number of aryl methyl sites for hydroxylation is 2. The second-order valence-electron chi connectivity index (χ2n) is 9.87. The molecule has 3 aromatic rings. The van der Waals surface area contributed by atoms with Crippen molar-refractivity contribution in [1.82, 2.24) is 15.0 Å². The van der Waals surface area contributed by atoms with Gasteiger partial charge in [-0.3, -0.25) is 4.79 Å². The topological polar surface area (TPSA) is 95.7 Å². The van der Waals surface area contributed by atoms with E-state index in [1.165, 1.54) is 0 Å². The van der Waals surface area contributed by atoms with Gasteiger partial charge in [0, 0.05) is 6.61 Å². The summed E-state index contributed by atoms with van der Waals surface area (Å²) in [7, 11) is 0. The smallest absolute Gasteiger partial charge is 0.307 e. The van der Waals surface area contributed by atoms with Crippen LogP contribution in [0.4, 0.5) is 0 Å². The van der Waals surface area contributed by atoms with E-state index in [9.17, 15) is 4.79 Å². The highest BCUT2D eigenvalue weighted by molar-refractivity contribution is 14.1. The van der Waals surface area contributed by atoms with Gasteiger partial charge in [-0.05, 0) is 128 Å². The molecule has 1 heterocycles. The van der Waals surface area contributed by atoms with E-state index in [1.807, 2.05) is 62.8 Å². The fourth-order valence-electron chi connectivity index (χ4n) is 3.73. The highest BCUT2D eigenvalue weighted by atomic mass is 127. The molecule has 2 aromatic carbocycles.